The molecular weight excluding hydrogens is 408 g/mol. The number of likely N-dealkylation sites (tertiary alicyclic amines) is 1. The van der Waals surface area contributed by atoms with Crippen LogP contribution in [0.25, 0.3) is 0 Å². The quantitative estimate of drug-likeness (QED) is 0.490. The van der Waals surface area contributed by atoms with Crippen LogP contribution in [0, 0.1) is 23.0 Å². The summed E-state index contributed by atoms with van der Waals surface area (Å²) in [6, 6.07) is 11.1. The fourth-order valence-corrected chi connectivity index (χ4v) is 4.58. The Labute approximate surface area is 188 Å². The highest BCUT2D eigenvalue weighted by molar-refractivity contribution is 5.90. The number of nitrogens with zero attached hydrogens (tertiary/aromatic N) is 3. The summed E-state index contributed by atoms with van der Waals surface area (Å²) in [5.41, 5.74) is 7.10. The first-order chi connectivity index (χ1) is 15.5. The molecule has 1 saturated heterocycles. The van der Waals surface area contributed by atoms with Crippen LogP contribution in [0.2, 0.25) is 0 Å². The molecule has 0 amide bonds. The van der Waals surface area contributed by atoms with Gasteiger partial charge < -0.3 is 19.8 Å². The molecule has 170 valence electrons. The van der Waals surface area contributed by atoms with E-state index in [9.17, 15) is 10.1 Å². The largest absolute Gasteiger partial charge is 0.493 e. The van der Waals surface area contributed by atoms with Crippen molar-refractivity contribution in [1.82, 2.24) is 10.3 Å². The van der Waals surface area contributed by atoms with Crippen molar-refractivity contribution in [3.8, 4) is 11.5 Å². The molecule has 0 aromatic heterocycles. The summed E-state index contributed by atoms with van der Waals surface area (Å²) >= 11 is 0. The molecular formula is C24H30N4O4. The summed E-state index contributed by atoms with van der Waals surface area (Å²) in [6.07, 6.45) is 2.02. The number of methoxy groups -OCH3 is 1. The molecule has 4 rings (SSSR count). The number of hydrogen-bond donors (Lipinski definition) is 1. The molecule has 0 bridgehead atoms. The molecule has 0 aliphatic carbocycles. The van der Waals surface area contributed by atoms with Crippen molar-refractivity contribution in [2.45, 2.75) is 39.3 Å². The Hall–Kier alpha value is -3.13. The van der Waals surface area contributed by atoms with Gasteiger partial charge in [-0.1, -0.05) is 31.2 Å². The van der Waals surface area contributed by atoms with Gasteiger partial charge in [-0.25, -0.2) is 0 Å². The Bertz CT molecular complexity index is 1020. The molecule has 2 aliphatic rings. The van der Waals surface area contributed by atoms with E-state index in [0.29, 0.717) is 5.75 Å². The molecule has 1 N–H and O–H groups in total. The molecule has 2 aromatic carbocycles. The lowest BCUT2D eigenvalue weighted by atomic mass is 9.86. The first-order valence-electron chi connectivity index (χ1n) is 11.1. The third-order valence-corrected chi connectivity index (χ3v) is 6.32. The molecule has 8 nitrogen and oxygen atoms in total. The third kappa shape index (κ3) is 4.41. The molecule has 32 heavy (non-hydrogen) atoms. The van der Waals surface area contributed by atoms with Gasteiger partial charge in [0, 0.05) is 37.2 Å². The van der Waals surface area contributed by atoms with Crippen LogP contribution in [0.4, 0.5) is 5.69 Å². The number of aryl methyl sites for hydroxylation is 1. The second-order valence-electron chi connectivity index (χ2n) is 8.41. The van der Waals surface area contributed by atoms with Crippen LogP contribution in [-0.2, 0) is 6.61 Å². The minimum Gasteiger partial charge on any atom is -0.493 e. The first kappa shape index (κ1) is 22.1. The Morgan fingerprint density at radius 2 is 2.12 bits per heavy atom. The highest BCUT2D eigenvalue weighted by Crippen LogP contribution is 2.43. The van der Waals surface area contributed by atoms with Gasteiger partial charge in [-0.15, -0.1) is 0 Å². The van der Waals surface area contributed by atoms with Crippen molar-refractivity contribution in [3.05, 3.63) is 63.2 Å². The minimum atomic E-state index is -0.403. The van der Waals surface area contributed by atoms with Crippen molar-refractivity contribution in [2.24, 2.45) is 11.0 Å². The average Bonchev–Trinajstić information content (AvgIpc) is 3.21. The van der Waals surface area contributed by atoms with Gasteiger partial charge in [0.05, 0.1) is 18.1 Å². The van der Waals surface area contributed by atoms with Crippen molar-refractivity contribution in [3.63, 3.8) is 0 Å². The van der Waals surface area contributed by atoms with E-state index in [1.807, 2.05) is 37.3 Å². The summed E-state index contributed by atoms with van der Waals surface area (Å²) in [6.45, 7) is 7.35. The first-order valence-corrected chi connectivity index (χ1v) is 11.1. The van der Waals surface area contributed by atoms with Gasteiger partial charge in [0.25, 0.3) is 0 Å². The van der Waals surface area contributed by atoms with E-state index in [-0.39, 0.29) is 30.0 Å². The topological polar surface area (TPSA) is 89.2 Å². The van der Waals surface area contributed by atoms with Crippen molar-refractivity contribution >= 4 is 11.4 Å². The fourth-order valence-electron chi connectivity index (χ4n) is 4.58. The van der Waals surface area contributed by atoms with Crippen LogP contribution in [-0.4, -0.2) is 42.3 Å². The van der Waals surface area contributed by atoms with Crippen molar-refractivity contribution < 1.29 is 14.4 Å². The van der Waals surface area contributed by atoms with Gasteiger partial charge in [0.1, 0.15) is 6.61 Å². The SMILES string of the molecule is CCCN1CCC2=NNC(c3cc(OC)c(OCc4ccccc4C)c([N+](=O)[O-])c3)C2C1. The summed E-state index contributed by atoms with van der Waals surface area (Å²) in [5, 5.41) is 16.5. The predicted molar refractivity (Wildman–Crippen MR) is 123 cm³/mol. The Balaban J connectivity index is 1.62. The van der Waals surface area contributed by atoms with Crippen molar-refractivity contribution in [2.75, 3.05) is 26.7 Å². The summed E-state index contributed by atoms with van der Waals surface area (Å²) in [7, 11) is 1.51. The van der Waals surface area contributed by atoms with Gasteiger partial charge in [-0.05, 0) is 42.6 Å². The number of nitro benzene ring substituents is 1. The van der Waals surface area contributed by atoms with Gasteiger partial charge in [0.15, 0.2) is 5.75 Å². The van der Waals surface area contributed by atoms with E-state index >= 15 is 0 Å². The van der Waals surface area contributed by atoms with Crippen LogP contribution in [0.5, 0.6) is 11.5 Å². The number of ether oxygens (including phenoxy) is 2. The second-order valence-corrected chi connectivity index (χ2v) is 8.41. The van der Waals surface area contributed by atoms with E-state index in [1.165, 1.54) is 7.11 Å². The maximum atomic E-state index is 12.0. The molecule has 2 aliphatic heterocycles. The molecule has 1 fully saturated rings. The monoisotopic (exact) mass is 438 g/mol. The molecule has 8 heteroatoms. The van der Waals surface area contributed by atoms with E-state index in [1.54, 1.807) is 6.07 Å². The number of hydrogen-bond acceptors (Lipinski definition) is 7. The van der Waals surface area contributed by atoms with E-state index in [0.717, 1.165) is 54.9 Å². The van der Waals surface area contributed by atoms with E-state index < -0.39 is 4.92 Å². The van der Waals surface area contributed by atoms with Crippen LogP contribution >= 0.6 is 0 Å². The van der Waals surface area contributed by atoms with Crippen LogP contribution in [0.15, 0.2) is 41.5 Å². The molecule has 2 aromatic rings. The Kier molecular flexibility index (Phi) is 6.60. The lowest BCUT2D eigenvalue weighted by molar-refractivity contribution is -0.386. The minimum absolute atomic E-state index is 0.0931. The summed E-state index contributed by atoms with van der Waals surface area (Å²) in [4.78, 5) is 14.0. The van der Waals surface area contributed by atoms with Gasteiger partial charge in [-0.3, -0.25) is 10.1 Å². The maximum Gasteiger partial charge on any atom is 0.315 e. The zero-order chi connectivity index (χ0) is 22.7. The second kappa shape index (κ2) is 9.56. The van der Waals surface area contributed by atoms with E-state index in [2.05, 4.69) is 22.4 Å². The zero-order valence-corrected chi connectivity index (χ0v) is 18.8. The highest BCUT2D eigenvalue weighted by atomic mass is 16.6. The highest BCUT2D eigenvalue weighted by Gasteiger charge is 2.38. The Morgan fingerprint density at radius 3 is 2.84 bits per heavy atom. The number of benzene rings is 2. The molecule has 0 radical (unpaired) electrons. The number of hydrazone groups is 1. The number of nitrogens with one attached hydrogen (secondary N) is 1. The number of fused-ring (bicyclic) bond motifs is 1. The fraction of sp³-hybridized carbons (Fsp3) is 0.458. The number of nitro groups is 1. The molecule has 2 heterocycles. The number of piperidine rings is 1. The average molecular weight is 439 g/mol. The normalized spacial score (nSPS) is 20.3. The van der Waals surface area contributed by atoms with Crippen LogP contribution in [0.3, 0.4) is 0 Å². The lowest BCUT2D eigenvalue weighted by Gasteiger charge is -2.33. The summed E-state index contributed by atoms with van der Waals surface area (Å²) < 4.78 is 11.5. The molecule has 0 spiro atoms. The van der Waals surface area contributed by atoms with Crippen LogP contribution in [0.1, 0.15) is 42.5 Å². The standard InChI is InChI=1S/C24H30N4O4/c1-4-10-27-11-9-20-19(14-27)23(26-25-20)18-12-21(28(29)30)24(22(13-18)31-3)32-15-17-8-6-5-7-16(17)2/h5-8,12-13,19,23,26H,4,9-11,14-15H2,1-3H3. The molecule has 2 unspecified atom stereocenters. The lowest BCUT2D eigenvalue weighted by Crippen LogP contribution is -2.42. The Morgan fingerprint density at radius 1 is 1.31 bits per heavy atom. The third-order valence-electron chi connectivity index (χ3n) is 6.32. The summed E-state index contributed by atoms with van der Waals surface area (Å²) in [5.74, 6) is 0.706. The number of rotatable bonds is 8. The molecule has 2 atom stereocenters. The van der Waals surface area contributed by atoms with Gasteiger partial charge in [-0.2, -0.15) is 5.10 Å². The zero-order valence-electron chi connectivity index (χ0n) is 18.8. The predicted octanol–water partition coefficient (Wildman–Crippen LogP) is 4.22. The van der Waals surface area contributed by atoms with Gasteiger partial charge in [0.2, 0.25) is 5.75 Å². The van der Waals surface area contributed by atoms with E-state index in [4.69, 9.17) is 9.47 Å². The van der Waals surface area contributed by atoms with Crippen molar-refractivity contribution in [1.29, 1.82) is 0 Å². The maximum absolute atomic E-state index is 12.0. The van der Waals surface area contributed by atoms with Crippen LogP contribution < -0.4 is 14.9 Å². The van der Waals surface area contributed by atoms with Gasteiger partial charge >= 0.3 is 5.69 Å². The smallest absolute Gasteiger partial charge is 0.315 e. The molecule has 0 saturated carbocycles.